The molecule has 2 rings (SSSR count). The largest absolute Gasteiger partial charge is 0.497 e. The molecule has 0 saturated carbocycles. The maximum absolute atomic E-state index is 13.3. The van der Waals surface area contributed by atoms with Crippen molar-refractivity contribution in [3.8, 4) is 11.5 Å². The van der Waals surface area contributed by atoms with Gasteiger partial charge in [-0.2, -0.15) is 0 Å². The lowest BCUT2D eigenvalue weighted by Crippen LogP contribution is -2.54. The number of hydrogen-bond donors (Lipinski definition) is 1. The predicted molar refractivity (Wildman–Crippen MR) is 132 cm³/mol. The first-order chi connectivity index (χ1) is 15.5. The molecule has 0 saturated heterocycles. The fraction of sp³-hybridized carbons (Fsp3) is 0.481. The minimum absolute atomic E-state index is 0.149. The summed E-state index contributed by atoms with van der Waals surface area (Å²) in [6.07, 6.45) is 0.487. The minimum Gasteiger partial charge on any atom is -0.497 e. The van der Waals surface area contributed by atoms with Gasteiger partial charge in [0.25, 0.3) is 5.91 Å². The molecule has 180 valence electrons. The molecule has 0 aromatic heterocycles. The number of nitrogens with zero attached hydrogens (tertiary/aromatic N) is 1. The third kappa shape index (κ3) is 8.12. The van der Waals surface area contributed by atoms with Gasteiger partial charge in [-0.05, 0) is 68.5 Å². The molecule has 6 heteroatoms. The second kappa shape index (κ2) is 11.7. The van der Waals surface area contributed by atoms with E-state index in [0.717, 1.165) is 5.56 Å². The Morgan fingerprint density at radius 3 is 2.24 bits per heavy atom. The smallest absolute Gasteiger partial charge is 0.261 e. The van der Waals surface area contributed by atoms with Crippen molar-refractivity contribution < 1.29 is 19.1 Å². The van der Waals surface area contributed by atoms with E-state index in [1.165, 1.54) is 5.56 Å². The normalized spacial score (nSPS) is 12.2. The van der Waals surface area contributed by atoms with E-state index in [2.05, 4.69) is 19.2 Å². The Bertz CT molecular complexity index is 916. The van der Waals surface area contributed by atoms with E-state index in [1.807, 2.05) is 76.2 Å². The molecule has 0 aliphatic heterocycles. The Hall–Kier alpha value is -3.02. The van der Waals surface area contributed by atoms with Gasteiger partial charge in [0.05, 0.1) is 7.11 Å². The Labute approximate surface area is 198 Å². The highest BCUT2D eigenvalue weighted by atomic mass is 16.5. The first kappa shape index (κ1) is 26.2. The number of nitrogens with one attached hydrogen (secondary N) is 1. The second-order valence-electron chi connectivity index (χ2n) is 9.55. The van der Waals surface area contributed by atoms with E-state index in [1.54, 1.807) is 12.0 Å². The molecule has 6 nitrogen and oxygen atoms in total. The Morgan fingerprint density at radius 2 is 1.70 bits per heavy atom. The van der Waals surface area contributed by atoms with Gasteiger partial charge in [-0.25, -0.2) is 0 Å². The molecule has 0 aliphatic carbocycles. The lowest BCUT2D eigenvalue weighted by Gasteiger charge is -2.33. The lowest BCUT2D eigenvalue weighted by molar-refractivity contribution is -0.143. The average molecular weight is 455 g/mol. The highest BCUT2D eigenvalue weighted by Crippen LogP contribution is 2.20. The van der Waals surface area contributed by atoms with Crippen LogP contribution >= 0.6 is 0 Å². The number of ether oxygens (including phenoxy) is 2. The first-order valence-corrected chi connectivity index (χ1v) is 11.5. The van der Waals surface area contributed by atoms with Crippen LogP contribution in [0.1, 0.15) is 65.0 Å². The van der Waals surface area contributed by atoms with Gasteiger partial charge in [-0.3, -0.25) is 9.59 Å². The van der Waals surface area contributed by atoms with Crippen molar-refractivity contribution in [2.45, 2.75) is 72.0 Å². The summed E-state index contributed by atoms with van der Waals surface area (Å²) in [5.41, 5.74) is 1.69. The molecular formula is C27H38N2O4. The van der Waals surface area contributed by atoms with E-state index in [-0.39, 0.29) is 25.0 Å². The maximum Gasteiger partial charge on any atom is 0.261 e. The summed E-state index contributed by atoms with van der Waals surface area (Å²) in [6, 6.07) is 14.7. The van der Waals surface area contributed by atoms with Crippen LogP contribution in [0.3, 0.4) is 0 Å². The number of hydrogen-bond acceptors (Lipinski definition) is 4. The highest BCUT2D eigenvalue weighted by molar-refractivity contribution is 5.88. The van der Waals surface area contributed by atoms with Gasteiger partial charge < -0.3 is 19.7 Å². The fourth-order valence-corrected chi connectivity index (χ4v) is 3.52. The third-order valence-electron chi connectivity index (χ3n) is 5.28. The van der Waals surface area contributed by atoms with E-state index in [9.17, 15) is 9.59 Å². The molecule has 2 aromatic carbocycles. The van der Waals surface area contributed by atoms with Gasteiger partial charge >= 0.3 is 0 Å². The van der Waals surface area contributed by atoms with Crippen molar-refractivity contribution in [2.75, 3.05) is 13.7 Å². The molecule has 0 fully saturated rings. The number of methoxy groups -OCH3 is 1. The number of rotatable bonds is 10. The minimum atomic E-state index is -0.616. The van der Waals surface area contributed by atoms with Gasteiger partial charge in [-0.1, -0.05) is 45.0 Å². The van der Waals surface area contributed by atoms with Crippen LogP contribution in [0.15, 0.2) is 48.5 Å². The summed E-state index contributed by atoms with van der Waals surface area (Å²) in [5.74, 6) is 1.32. The third-order valence-corrected chi connectivity index (χ3v) is 5.28. The summed E-state index contributed by atoms with van der Waals surface area (Å²) >= 11 is 0. The molecule has 0 bridgehead atoms. The summed E-state index contributed by atoms with van der Waals surface area (Å²) in [7, 11) is 1.60. The molecule has 1 atom stereocenters. The van der Waals surface area contributed by atoms with Gasteiger partial charge in [0.2, 0.25) is 5.91 Å². The average Bonchev–Trinajstić information content (AvgIpc) is 2.76. The van der Waals surface area contributed by atoms with Crippen LogP contribution in [-0.4, -0.2) is 42.0 Å². The lowest BCUT2D eigenvalue weighted by atomic mass is 10.0. The molecule has 0 aliphatic rings. The zero-order valence-electron chi connectivity index (χ0n) is 21.0. The molecule has 33 heavy (non-hydrogen) atoms. The number of carbonyl (C=O) groups excluding carboxylic acids is 2. The van der Waals surface area contributed by atoms with Gasteiger partial charge in [0, 0.05) is 12.1 Å². The molecule has 0 radical (unpaired) electrons. The van der Waals surface area contributed by atoms with Crippen molar-refractivity contribution in [1.82, 2.24) is 10.2 Å². The van der Waals surface area contributed by atoms with Crippen molar-refractivity contribution in [1.29, 1.82) is 0 Å². The quantitative estimate of drug-likeness (QED) is 0.553. The number of benzene rings is 2. The number of amides is 2. The molecule has 2 aromatic rings. The summed E-state index contributed by atoms with van der Waals surface area (Å²) in [4.78, 5) is 28.0. The Balaban J connectivity index is 2.23. The second-order valence-corrected chi connectivity index (χ2v) is 9.55. The maximum atomic E-state index is 13.3. The van der Waals surface area contributed by atoms with E-state index in [0.29, 0.717) is 23.8 Å². The van der Waals surface area contributed by atoms with Crippen molar-refractivity contribution in [2.24, 2.45) is 0 Å². The van der Waals surface area contributed by atoms with Crippen molar-refractivity contribution >= 4 is 11.8 Å². The van der Waals surface area contributed by atoms with Gasteiger partial charge in [0.1, 0.15) is 17.5 Å². The monoisotopic (exact) mass is 454 g/mol. The summed E-state index contributed by atoms with van der Waals surface area (Å²) in [6.45, 7) is 12.1. The van der Waals surface area contributed by atoms with Crippen LogP contribution in [0.5, 0.6) is 11.5 Å². The Kier molecular flexibility index (Phi) is 9.32. The molecule has 0 spiro atoms. The Morgan fingerprint density at radius 1 is 1.03 bits per heavy atom. The predicted octanol–water partition coefficient (Wildman–Crippen LogP) is 4.92. The van der Waals surface area contributed by atoms with Crippen molar-refractivity contribution in [3.05, 3.63) is 59.7 Å². The van der Waals surface area contributed by atoms with Crippen LogP contribution in [0.25, 0.3) is 0 Å². The van der Waals surface area contributed by atoms with Crippen LogP contribution in [0, 0.1) is 0 Å². The standard InChI is InChI=1S/C27H38N2O4/c1-8-24(26(31)28-27(4,5)6)29(17-20-10-9-11-23(16-20)32-7)25(30)18-33-22-14-12-21(13-15-22)19(2)3/h9-16,19,24H,8,17-18H2,1-7H3,(H,28,31). The first-order valence-electron chi connectivity index (χ1n) is 11.5. The molecule has 2 amide bonds. The van der Waals surface area contributed by atoms with Crippen LogP contribution in [-0.2, 0) is 16.1 Å². The van der Waals surface area contributed by atoms with Crippen LogP contribution < -0.4 is 14.8 Å². The molecule has 1 unspecified atom stereocenters. The van der Waals surface area contributed by atoms with Gasteiger partial charge in [-0.15, -0.1) is 0 Å². The number of carbonyl (C=O) groups is 2. The van der Waals surface area contributed by atoms with E-state index >= 15 is 0 Å². The van der Waals surface area contributed by atoms with Crippen molar-refractivity contribution in [3.63, 3.8) is 0 Å². The summed E-state index contributed by atoms with van der Waals surface area (Å²) in [5, 5.41) is 3.01. The SMILES string of the molecule is CCC(C(=O)NC(C)(C)C)N(Cc1cccc(OC)c1)C(=O)COc1ccc(C(C)C)cc1. The molecule has 0 heterocycles. The van der Waals surface area contributed by atoms with E-state index in [4.69, 9.17) is 9.47 Å². The van der Waals surface area contributed by atoms with Gasteiger partial charge in [0.15, 0.2) is 6.61 Å². The molecular weight excluding hydrogens is 416 g/mol. The fourth-order valence-electron chi connectivity index (χ4n) is 3.52. The van der Waals surface area contributed by atoms with E-state index < -0.39 is 11.6 Å². The molecule has 1 N–H and O–H groups in total. The van der Waals surface area contributed by atoms with Crippen LogP contribution in [0.2, 0.25) is 0 Å². The topological polar surface area (TPSA) is 67.9 Å². The summed E-state index contributed by atoms with van der Waals surface area (Å²) < 4.78 is 11.1. The van der Waals surface area contributed by atoms with Crippen LogP contribution in [0.4, 0.5) is 0 Å². The zero-order chi connectivity index (χ0) is 24.6. The highest BCUT2D eigenvalue weighted by Gasteiger charge is 2.31. The zero-order valence-corrected chi connectivity index (χ0v) is 21.0.